The second kappa shape index (κ2) is 6.17. The minimum absolute atomic E-state index is 0.622. The fourth-order valence-electron chi connectivity index (χ4n) is 4.15. The van der Waals surface area contributed by atoms with Crippen molar-refractivity contribution < 1.29 is 9.47 Å². The van der Waals surface area contributed by atoms with Gasteiger partial charge in [0.05, 0.1) is 7.11 Å². The van der Waals surface area contributed by atoms with Crippen LogP contribution < -0.4 is 9.47 Å². The van der Waals surface area contributed by atoms with Crippen LogP contribution in [0.2, 0.25) is 0 Å². The molecule has 124 valence electrons. The quantitative estimate of drug-likeness (QED) is 0.856. The molecule has 0 amide bonds. The lowest BCUT2D eigenvalue weighted by Crippen LogP contribution is -2.55. The molecule has 2 saturated heterocycles. The molecule has 0 aliphatic carbocycles. The van der Waals surface area contributed by atoms with E-state index in [0.29, 0.717) is 12.6 Å². The van der Waals surface area contributed by atoms with E-state index in [2.05, 4.69) is 28.9 Å². The largest absolute Gasteiger partial charge is 0.497 e. The van der Waals surface area contributed by atoms with Crippen molar-refractivity contribution in [3.8, 4) is 11.5 Å². The molecule has 2 atom stereocenters. The van der Waals surface area contributed by atoms with Crippen LogP contribution in [-0.2, 0) is 0 Å². The SMILES string of the molecule is COc1ccc2c(c1)C=C(CN1CC3CCCN3C[C@H]1C)CO2. The van der Waals surface area contributed by atoms with Crippen molar-refractivity contribution in [3.63, 3.8) is 0 Å². The van der Waals surface area contributed by atoms with E-state index in [4.69, 9.17) is 9.47 Å². The molecule has 4 heteroatoms. The third-order valence-electron chi connectivity index (χ3n) is 5.46. The van der Waals surface area contributed by atoms with Gasteiger partial charge in [-0.05, 0) is 56.2 Å². The summed E-state index contributed by atoms with van der Waals surface area (Å²) in [7, 11) is 1.71. The van der Waals surface area contributed by atoms with Gasteiger partial charge >= 0.3 is 0 Å². The molecule has 3 aliphatic rings. The Labute approximate surface area is 138 Å². The monoisotopic (exact) mass is 314 g/mol. The predicted octanol–water partition coefficient (Wildman–Crippen LogP) is 2.64. The summed E-state index contributed by atoms with van der Waals surface area (Å²) in [6.45, 7) is 7.78. The summed E-state index contributed by atoms with van der Waals surface area (Å²) >= 11 is 0. The van der Waals surface area contributed by atoms with Crippen LogP contribution in [0, 0.1) is 0 Å². The molecule has 0 saturated carbocycles. The highest BCUT2D eigenvalue weighted by Crippen LogP contribution is 2.31. The smallest absolute Gasteiger partial charge is 0.127 e. The molecular formula is C19H26N2O2. The number of fused-ring (bicyclic) bond motifs is 2. The molecule has 3 heterocycles. The van der Waals surface area contributed by atoms with Crippen molar-refractivity contribution in [2.45, 2.75) is 31.8 Å². The minimum atomic E-state index is 0.622. The van der Waals surface area contributed by atoms with E-state index in [1.165, 1.54) is 38.0 Å². The zero-order valence-corrected chi connectivity index (χ0v) is 14.1. The molecule has 0 bridgehead atoms. The molecule has 0 spiro atoms. The van der Waals surface area contributed by atoms with E-state index < -0.39 is 0 Å². The normalized spacial score (nSPS) is 27.8. The van der Waals surface area contributed by atoms with Gasteiger partial charge in [0.2, 0.25) is 0 Å². The van der Waals surface area contributed by atoms with Crippen LogP contribution in [0.4, 0.5) is 0 Å². The average Bonchev–Trinajstić information content (AvgIpc) is 3.01. The van der Waals surface area contributed by atoms with Crippen molar-refractivity contribution in [2.75, 3.05) is 39.9 Å². The Morgan fingerprint density at radius 2 is 2.22 bits per heavy atom. The topological polar surface area (TPSA) is 24.9 Å². The van der Waals surface area contributed by atoms with Crippen molar-refractivity contribution in [1.82, 2.24) is 9.80 Å². The number of methoxy groups -OCH3 is 1. The first-order valence-corrected chi connectivity index (χ1v) is 8.71. The van der Waals surface area contributed by atoms with Gasteiger partial charge in [-0.1, -0.05) is 0 Å². The van der Waals surface area contributed by atoms with Crippen LogP contribution >= 0.6 is 0 Å². The fourth-order valence-corrected chi connectivity index (χ4v) is 4.15. The number of hydrogen-bond donors (Lipinski definition) is 0. The van der Waals surface area contributed by atoms with Crippen LogP contribution in [0.5, 0.6) is 11.5 Å². The Balaban J connectivity index is 1.49. The second-order valence-electron chi connectivity index (χ2n) is 7.06. The highest BCUT2D eigenvalue weighted by atomic mass is 16.5. The minimum Gasteiger partial charge on any atom is -0.497 e. The van der Waals surface area contributed by atoms with Gasteiger partial charge in [-0.3, -0.25) is 9.80 Å². The van der Waals surface area contributed by atoms with E-state index in [0.717, 1.165) is 29.6 Å². The van der Waals surface area contributed by atoms with E-state index in [-0.39, 0.29) is 0 Å². The Hall–Kier alpha value is -1.52. The zero-order chi connectivity index (χ0) is 15.8. The van der Waals surface area contributed by atoms with Gasteiger partial charge in [0.15, 0.2) is 0 Å². The van der Waals surface area contributed by atoms with Gasteiger partial charge in [0.1, 0.15) is 18.1 Å². The van der Waals surface area contributed by atoms with Gasteiger partial charge in [-0.15, -0.1) is 0 Å². The van der Waals surface area contributed by atoms with Crippen molar-refractivity contribution >= 4 is 6.08 Å². The van der Waals surface area contributed by atoms with E-state index in [9.17, 15) is 0 Å². The zero-order valence-electron chi connectivity index (χ0n) is 14.1. The molecule has 1 aromatic rings. The standard InChI is InChI=1S/C19H26N2O2/c1-14-10-20-7-3-4-17(20)12-21(14)11-15-8-16-9-18(22-2)5-6-19(16)23-13-15/h5-6,8-9,14,17H,3-4,7,10-13H2,1-2H3/t14-,17?/m1/s1. The van der Waals surface area contributed by atoms with Crippen molar-refractivity contribution in [3.05, 3.63) is 29.3 Å². The maximum atomic E-state index is 5.94. The highest BCUT2D eigenvalue weighted by molar-refractivity contribution is 5.64. The molecule has 0 N–H and O–H groups in total. The fraction of sp³-hybridized carbons (Fsp3) is 0.579. The first-order chi connectivity index (χ1) is 11.2. The number of hydrogen-bond acceptors (Lipinski definition) is 4. The summed E-state index contributed by atoms with van der Waals surface area (Å²) in [6, 6.07) is 7.41. The van der Waals surface area contributed by atoms with Crippen molar-refractivity contribution in [2.24, 2.45) is 0 Å². The summed E-state index contributed by atoms with van der Waals surface area (Å²) in [5.41, 5.74) is 2.50. The third kappa shape index (κ3) is 2.98. The lowest BCUT2D eigenvalue weighted by molar-refractivity contribution is 0.0650. The number of benzene rings is 1. The molecule has 4 rings (SSSR count). The molecule has 1 aromatic carbocycles. The Bertz CT molecular complexity index is 613. The first kappa shape index (κ1) is 15.0. The Morgan fingerprint density at radius 1 is 1.30 bits per heavy atom. The Morgan fingerprint density at radius 3 is 3.09 bits per heavy atom. The van der Waals surface area contributed by atoms with E-state index >= 15 is 0 Å². The Kier molecular flexibility index (Phi) is 4.04. The van der Waals surface area contributed by atoms with Crippen molar-refractivity contribution in [1.29, 1.82) is 0 Å². The molecule has 3 aliphatic heterocycles. The van der Waals surface area contributed by atoms with Gasteiger partial charge in [-0.25, -0.2) is 0 Å². The number of rotatable bonds is 3. The molecule has 23 heavy (non-hydrogen) atoms. The van der Waals surface area contributed by atoms with Crippen LogP contribution in [0.3, 0.4) is 0 Å². The molecule has 2 fully saturated rings. The average molecular weight is 314 g/mol. The van der Waals surface area contributed by atoms with Crippen LogP contribution in [0.25, 0.3) is 6.08 Å². The number of nitrogens with zero attached hydrogens (tertiary/aromatic N) is 2. The van der Waals surface area contributed by atoms with Gasteiger partial charge < -0.3 is 9.47 Å². The van der Waals surface area contributed by atoms with Gasteiger partial charge in [-0.2, -0.15) is 0 Å². The first-order valence-electron chi connectivity index (χ1n) is 8.71. The van der Waals surface area contributed by atoms with Crippen LogP contribution in [0.15, 0.2) is 23.8 Å². The molecule has 0 aromatic heterocycles. The number of piperazine rings is 1. The molecule has 1 unspecified atom stereocenters. The summed E-state index contributed by atoms with van der Waals surface area (Å²) in [4.78, 5) is 5.31. The summed E-state index contributed by atoms with van der Waals surface area (Å²) in [5, 5.41) is 0. The highest BCUT2D eigenvalue weighted by Gasteiger charge is 2.34. The molecule has 4 nitrogen and oxygen atoms in total. The summed E-state index contributed by atoms with van der Waals surface area (Å²) in [6.07, 6.45) is 5.01. The number of ether oxygens (including phenoxy) is 2. The second-order valence-corrected chi connectivity index (χ2v) is 7.06. The van der Waals surface area contributed by atoms with Crippen LogP contribution in [-0.4, -0.2) is 61.8 Å². The summed E-state index contributed by atoms with van der Waals surface area (Å²) in [5.74, 6) is 1.85. The maximum Gasteiger partial charge on any atom is 0.127 e. The lowest BCUT2D eigenvalue weighted by atomic mass is 10.0. The van der Waals surface area contributed by atoms with Gasteiger partial charge in [0, 0.05) is 37.3 Å². The lowest BCUT2D eigenvalue weighted by Gasteiger charge is -2.42. The van der Waals surface area contributed by atoms with E-state index in [1.54, 1.807) is 7.11 Å². The summed E-state index contributed by atoms with van der Waals surface area (Å²) < 4.78 is 11.3. The van der Waals surface area contributed by atoms with Gasteiger partial charge in [0.25, 0.3) is 0 Å². The third-order valence-corrected chi connectivity index (χ3v) is 5.46. The predicted molar refractivity (Wildman–Crippen MR) is 92.1 cm³/mol. The maximum absolute atomic E-state index is 5.94. The van der Waals surface area contributed by atoms with E-state index in [1.807, 2.05) is 12.1 Å². The molecule has 0 radical (unpaired) electrons. The van der Waals surface area contributed by atoms with Crippen LogP contribution in [0.1, 0.15) is 25.3 Å². The molecular weight excluding hydrogens is 288 g/mol.